The number of carbonyl (C=O) groups excluding carboxylic acids is 1. The molecule has 0 amide bonds. The molecule has 9 nitrogen and oxygen atoms in total. The van der Waals surface area contributed by atoms with Crippen LogP contribution in [-0.2, 0) is 38.9 Å². The molecular formula is C28H34F3N3O6S. The number of aromatic nitrogens is 1. The van der Waals surface area contributed by atoms with E-state index in [1.807, 2.05) is 0 Å². The summed E-state index contributed by atoms with van der Waals surface area (Å²) >= 11 is 0. The molecule has 0 saturated heterocycles. The summed E-state index contributed by atoms with van der Waals surface area (Å²) in [6.45, 7) is 8.22. The number of benzene rings is 2. The molecule has 0 bridgehead atoms. The first-order chi connectivity index (χ1) is 19.1. The van der Waals surface area contributed by atoms with Gasteiger partial charge in [0.1, 0.15) is 18.1 Å². The van der Waals surface area contributed by atoms with Gasteiger partial charge >= 0.3 is 12.1 Å². The second-order valence-electron chi connectivity index (χ2n) is 10.3. The van der Waals surface area contributed by atoms with Crippen molar-refractivity contribution in [2.75, 3.05) is 19.8 Å². The molecular weight excluding hydrogens is 563 g/mol. The van der Waals surface area contributed by atoms with E-state index in [9.17, 15) is 26.4 Å². The number of aryl methyl sites for hydroxylation is 1. The Hall–Kier alpha value is -3.42. The summed E-state index contributed by atoms with van der Waals surface area (Å²) in [6.07, 6.45) is -4.07. The van der Waals surface area contributed by atoms with Crippen LogP contribution in [-0.4, -0.2) is 49.0 Å². The molecule has 224 valence electrons. The van der Waals surface area contributed by atoms with Crippen LogP contribution in [0.5, 0.6) is 5.75 Å². The number of ether oxygens (including phenoxy) is 2. The van der Waals surface area contributed by atoms with Crippen molar-refractivity contribution in [1.29, 1.82) is 0 Å². The van der Waals surface area contributed by atoms with E-state index in [0.717, 1.165) is 16.4 Å². The maximum absolute atomic E-state index is 13.0. The molecule has 1 heterocycles. The normalized spacial score (nSPS) is 12.5. The van der Waals surface area contributed by atoms with Gasteiger partial charge in [0.05, 0.1) is 24.5 Å². The van der Waals surface area contributed by atoms with E-state index in [4.69, 9.17) is 13.9 Å². The maximum atomic E-state index is 13.0. The van der Waals surface area contributed by atoms with Crippen LogP contribution in [0.1, 0.15) is 50.3 Å². The molecule has 1 aromatic heterocycles. The van der Waals surface area contributed by atoms with Gasteiger partial charge < -0.3 is 13.9 Å². The van der Waals surface area contributed by atoms with Gasteiger partial charge in [-0.05, 0) is 76.6 Å². The van der Waals surface area contributed by atoms with E-state index in [0.29, 0.717) is 34.8 Å². The Balaban J connectivity index is 1.67. The number of nitrogens with one attached hydrogen (secondary N) is 1. The lowest BCUT2D eigenvalue weighted by Crippen LogP contribution is -2.50. The smallest absolute Gasteiger partial charge is 0.416 e. The molecule has 41 heavy (non-hydrogen) atoms. The highest BCUT2D eigenvalue weighted by atomic mass is 32.2. The number of alkyl halides is 3. The molecule has 0 aliphatic heterocycles. The Morgan fingerprint density at radius 1 is 1.10 bits per heavy atom. The number of oxazole rings is 1. The van der Waals surface area contributed by atoms with E-state index in [2.05, 4.69) is 9.71 Å². The summed E-state index contributed by atoms with van der Waals surface area (Å²) in [5, 5.41) is 0. The van der Waals surface area contributed by atoms with Crippen molar-refractivity contribution >= 4 is 16.2 Å². The third kappa shape index (κ3) is 9.58. The average Bonchev–Trinajstić information content (AvgIpc) is 3.22. The van der Waals surface area contributed by atoms with Gasteiger partial charge in [-0.25, -0.2) is 4.98 Å². The summed E-state index contributed by atoms with van der Waals surface area (Å²) in [4.78, 5) is 16.5. The molecule has 0 saturated carbocycles. The highest BCUT2D eigenvalue weighted by molar-refractivity contribution is 7.87. The van der Waals surface area contributed by atoms with Crippen LogP contribution in [0.4, 0.5) is 13.2 Å². The number of carbonyl (C=O) groups is 1. The Bertz CT molecular complexity index is 1430. The average molecular weight is 598 g/mol. The van der Waals surface area contributed by atoms with Gasteiger partial charge in [-0.15, -0.1) is 0 Å². The predicted molar refractivity (Wildman–Crippen MR) is 146 cm³/mol. The first-order valence-electron chi connectivity index (χ1n) is 12.9. The van der Waals surface area contributed by atoms with Gasteiger partial charge in [0.15, 0.2) is 0 Å². The van der Waals surface area contributed by atoms with Gasteiger partial charge in [-0.3, -0.25) is 4.79 Å². The van der Waals surface area contributed by atoms with Gasteiger partial charge in [0.2, 0.25) is 5.89 Å². The fraction of sp³-hybridized carbons (Fsp3) is 0.429. The summed E-state index contributed by atoms with van der Waals surface area (Å²) in [5.74, 6) is 0.533. The van der Waals surface area contributed by atoms with Crippen molar-refractivity contribution in [3.63, 3.8) is 0 Å². The zero-order valence-electron chi connectivity index (χ0n) is 23.5. The molecule has 0 atom stereocenters. The number of halogens is 3. The van der Waals surface area contributed by atoms with Gasteiger partial charge in [-0.2, -0.15) is 30.6 Å². The zero-order valence-corrected chi connectivity index (χ0v) is 24.4. The summed E-state index contributed by atoms with van der Waals surface area (Å²) in [5.41, 5.74) is 0.0866. The van der Waals surface area contributed by atoms with Crippen LogP contribution in [0.15, 0.2) is 52.9 Å². The molecule has 0 aliphatic rings. The molecule has 0 fully saturated rings. The van der Waals surface area contributed by atoms with Crippen molar-refractivity contribution < 1.29 is 40.3 Å². The van der Waals surface area contributed by atoms with Crippen LogP contribution in [0, 0.1) is 6.92 Å². The maximum Gasteiger partial charge on any atom is 0.416 e. The predicted octanol–water partition coefficient (Wildman–Crippen LogP) is 5.29. The van der Waals surface area contributed by atoms with Crippen molar-refractivity contribution in [3.8, 4) is 17.2 Å². The highest BCUT2D eigenvalue weighted by Gasteiger charge is 2.31. The standard InChI is InChI=1S/C28H34F3N3O6S/c1-6-38-25(35)18-34(41(36,37)33-27(3,4)5)17-20-8-7-9-23(16-20)39-15-14-24-19(2)40-26(32-24)21-10-12-22(13-11-21)28(29,30)31/h7-13,16,33H,6,14-15,17-18H2,1-5H3. The molecule has 3 aromatic rings. The molecule has 13 heteroatoms. The van der Waals surface area contributed by atoms with Gasteiger partial charge in [-0.1, -0.05) is 12.1 Å². The Morgan fingerprint density at radius 2 is 1.78 bits per heavy atom. The van der Waals surface area contributed by atoms with Crippen molar-refractivity contribution in [2.24, 2.45) is 0 Å². The molecule has 1 N–H and O–H groups in total. The number of hydrogen-bond donors (Lipinski definition) is 1. The first kappa shape index (κ1) is 32.1. The largest absolute Gasteiger partial charge is 0.493 e. The molecule has 3 rings (SSSR count). The quantitative estimate of drug-likeness (QED) is 0.283. The number of hydrogen-bond acceptors (Lipinski definition) is 7. The minimum Gasteiger partial charge on any atom is -0.493 e. The molecule has 0 spiro atoms. The van der Waals surface area contributed by atoms with Crippen LogP contribution < -0.4 is 9.46 Å². The Labute approximate surface area is 237 Å². The Morgan fingerprint density at radius 3 is 2.39 bits per heavy atom. The fourth-order valence-electron chi connectivity index (χ4n) is 3.82. The van der Waals surface area contributed by atoms with Gasteiger partial charge in [0.25, 0.3) is 10.2 Å². The lowest BCUT2D eigenvalue weighted by atomic mass is 10.1. The van der Waals surface area contributed by atoms with Crippen LogP contribution >= 0.6 is 0 Å². The van der Waals surface area contributed by atoms with E-state index in [1.165, 1.54) is 12.1 Å². The minimum atomic E-state index is -4.43. The van der Waals surface area contributed by atoms with Crippen LogP contribution in [0.2, 0.25) is 0 Å². The molecule has 0 aliphatic carbocycles. The monoisotopic (exact) mass is 597 g/mol. The van der Waals surface area contributed by atoms with E-state index < -0.39 is 40.0 Å². The second-order valence-corrected chi connectivity index (χ2v) is 11.9. The number of rotatable bonds is 12. The van der Waals surface area contributed by atoms with Crippen molar-refractivity contribution in [1.82, 2.24) is 14.0 Å². The van der Waals surface area contributed by atoms with Crippen LogP contribution in [0.3, 0.4) is 0 Å². The SMILES string of the molecule is CCOC(=O)CN(Cc1cccc(OCCc2nc(-c3ccc(C(F)(F)F)cc3)oc2C)c1)S(=O)(=O)NC(C)(C)C. The lowest BCUT2D eigenvalue weighted by Gasteiger charge is -2.27. The van der Waals surface area contributed by atoms with E-state index in [1.54, 1.807) is 58.9 Å². The van der Waals surface area contributed by atoms with Gasteiger partial charge in [0, 0.05) is 24.1 Å². The number of nitrogens with zero attached hydrogens (tertiary/aromatic N) is 2. The highest BCUT2D eigenvalue weighted by Crippen LogP contribution is 2.31. The molecule has 0 unspecified atom stereocenters. The minimum absolute atomic E-state index is 0.0969. The molecule has 0 radical (unpaired) electrons. The molecule has 2 aromatic carbocycles. The zero-order chi connectivity index (χ0) is 30.4. The lowest BCUT2D eigenvalue weighted by molar-refractivity contribution is -0.143. The van der Waals surface area contributed by atoms with Crippen LogP contribution in [0.25, 0.3) is 11.5 Å². The van der Waals surface area contributed by atoms with Crippen molar-refractivity contribution in [2.45, 2.75) is 59.3 Å². The van der Waals surface area contributed by atoms with E-state index in [-0.39, 0.29) is 25.6 Å². The summed E-state index contributed by atoms with van der Waals surface area (Å²) < 4.78 is 84.6. The number of esters is 1. The Kier molecular flexibility index (Phi) is 10.2. The fourth-order valence-corrected chi connectivity index (χ4v) is 5.31. The van der Waals surface area contributed by atoms with E-state index >= 15 is 0 Å². The summed E-state index contributed by atoms with van der Waals surface area (Å²) in [6, 6.07) is 11.4. The first-order valence-corrected chi connectivity index (χ1v) is 14.3. The second kappa shape index (κ2) is 13.0. The third-order valence-electron chi connectivity index (χ3n) is 5.60. The third-order valence-corrected chi connectivity index (χ3v) is 7.41. The topological polar surface area (TPSA) is 111 Å². The van der Waals surface area contributed by atoms with Crippen molar-refractivity contribution in [3.05, 3.63) is 71.1 Å². The summed E-state index contributed by atoms with van der Waals surface area (Å²) in [7, 11) is -4.03.